The van der Waals surface area contributed by atoms with Crippen molar-refractivity contribution in [1.29, 1.82) is 0 Å². The van der Waals surface area contributed by atoms with Crippen LogP contribution in [0.15, 0.2) is 42.5 Å². The van der Waals surface area contributed by atoms with Crippen molar-refractivity contribution in [2.75, 3.05) is 12.4 Å². The standard InChI is InChI=1S/C19H21FN2O2S/c1-19(2)11-16(15-10-14(23-3)7-8-17(15)24-19)22-18(25)21-13-6-4-5-12(20)9-13/h4-10,16H,11H2,1-3H3,(H2,21,22,25)/t16-/m0/s1. The van der Waals surface area contributed by atoms with Gasteiger partial charge < -0.3 is 20.1 Å². The fourth-order valence-electron chi connectivity index (χ4n) is 2.98. The van der Waals surface area contributed by atoms with Crippen molar-refractivity contribution < 1.29 is 13.9 Å². The Balaban J connectivity index is 1.80. The Morgan fingerprint density at radius 1 is 1.28 bits per heavy atom. The summed E-state index contributed by atoms with van der Waals surface area (Å²) in [4.78, 5) is 0. The highest BCUT2D eigenvalue weighted by Crippen LogP contribution is 2.41. The van der Waals surface area contributed by atoms with Gasteiger partial charge in [0.1, 0.15) is 22.9 Å². The predicted molar refractivity (Wildman–Crippen MR) is 101 cm³/mol. The van der Waals surface area contributed by atoms with Gasteiger partial charge in [0.05, 0.1) is 13.2 Å². The molecule has 0 saturated heterocycles. The summed E-state index contributed by atoms with van der Waals surface area (Å²) in [5, 5.41) is 6.77. The minimum Gasteiger partial charge on any atom is -0.497 e. The summed E-state index contributed by atoms with van der Waals surface area (Å²) in [5.74, 6) is 1.26. The highest BCUT2D eigenvalue weighted by atomic mass is 32.1. The van der Waals surface area contributed by atoms with Crippen LogP contribution in [-0.2, 0) is 0 Å². The maximum atomic E-state index is 13.3. The van der Waals surface area contributed by atoms with Crippen LogP contribution >= 0.6 is 12.2 Å². The van der Waals surface area contributed by atoms with E-state index in [1.54, 1.807) is 19.2 Å². The van der Waals surface area contributed by atoms with Crippen molar-refractivity contribution in [3.8, 4) is 11.5 Å². The molecule has 3 rings (SSSR count). The zero-order valence-corrected chi connectivity index (χ0v) is 15.2. The van der Waals surface area contributed by atoms with Crippen molar-refractivity contribution >= 4 is 23.0 Å². The second-order valence-corrected chi connectivity index (χ2v) is 7.04. The molecule has 2 aromatic carbocycles. The minimum absolute atomic E-state index is 0.0394. The zero-order chi connectivity index (χ0) is 18.0. The molecule has 2 N–H and O–H groups in total. The van der Waals surface area contributed by atoms with Gasteiger partial charge in [0, 0.05) is 17.7 Å². The number of benzene rings is 2. The van der Waals surface area contributed by atoms with Crippen LogP contribution < -0.4 is 20.1 Å². The molecule has 0 bridgehead atoms. The Bertz CT molecular complexity index is 795. The number of nitrogens with one attached hydrogen (secondary N) is 2. The van der Waals surface area contributed by atoms with Gasteiger partial charge in [0.15, 0.2) is 5.11 Å². The normalized spacial score (nSPS) is 17.8. The Morgan fingerprint density at radius 2 is 2.08 bits per heavy atom. The van der Waals surface area contributed by atoms with Crippen molar-refractivity contribution in [1.82, 2.24) is 5.32 Å². The molecule has 0 aliphatic carbocycles. The second-order valence-electron chi connectivity index (χ2n) is 6.63. The van der Waals surface area contributed by atoms with Crippen molar-refractivity contribution in [2.24, 2.45) is 0 Å². The second kappa shape index (κ2) is 6.88. The lowest BCUT2D eigenvalue weighted by Crippen LogP contribution is -2.42. The lowest BCUT2D eigenvalue weighted by atomic mass is 9.89. The molecule has 0 amide bonds. The summed E-state index contributed by atoms with van der Waals surface area (Å²) in [6, 6.07) is 11.9. The van der Waals surface area contributed by atoms with E-state index >= 15 is 0 Å². The maximum Gasteiger partial charge on any atom is 0.171 e. The van der Waals surface area contributed by atoms with Crippen LogP contribution in [0.1, 0.15) is 31.9 Å². The van der Waals surface area contributed by atoms with Gasteiger partial charge in [-0.05, 0) is 62.5 Å². The molecule has 1 aliphatic heterocycles. The van der Waals surface area contributed by atoms with Gasteiger partial charge in [-0.1, -0.05) is 6.07 Å². The first-order valence-electron chi connectivity index (χ1n) is 8.06. The van der Waals surface area contributed by atoms with Crippen molar-refractivity contribution in [3.05, 3.63) is 53.8 Å². The first-order valence-corrected chi connectivity index (χ1v) is 8.47. The van der Waals surface area contributed by atoms with Crippen molar-refractivity contribution in [3.63, 3.8) is 0 Å². The van der Waals surface area contributed by atoms with E-state index in [0.717, 1.165) is 23.5 Å². The molecule has 0 unspecified atom stereocenters. The lowest BCUT2D eigenvalue weighted by molar-refractivity contribution is 0.0695. The van der Waals surface area contributed by atoms with E-state index in [0.29, 0.717) is 10.8 Å². The molecule has 0 aromatic heterocycles. The summed E-state index contributed by atoms with van der Waals surface area (Å²) in [6.07, 6.45) is 0.734. The van der Waals surface area contributed by atoms with Crippen LogP contribution in [0.4, 0.5) is 10.1 Å². The summed E-state index contributed by atoms with van der Waals surface area (Å²) >= 11 is 5.41. The average Bonchev–Trinajstić information content (AvgIpc) is 2.53. The fourth-order valence-corrected chi connectivity index (χ4v) is 3.24. The molecule has 0 saturated carbocycles. The molecular weight excluding hydrogens is 339 g/mol. The number of rotatable bonds is 3. The van der Waals surface area contributed by atoms with Crippen LogP contribution in [0, 0.1) is 5.82 Å². The van der Waals surface area contributed by atoms with Gasteiger partial charge >= 0.3 is 0 Å². The maximum absolute atomic E-state index is 13.3. The topological polar surface area (TPSA) is 42.5 Å². The zero-order valence-electron chi connectivity index (χ0n) is 14.4. The number of halogens is 1. The van der Waals surface area contributed by atoms with Gasteiger partial charge in [0.25, 0.3) is 0 Å². The number of thiocarbonyl (C=S) groups is 1. The molecule has 0 fully saturated rings. The van der Waals surface area contributed by atoms with Crippen LogP contribution in [0.5, 0.6) is 11.5 Å². The highest BCUT2D eigenvalue weighted by Gasteiger charge is 2.34. The summed E-state index contributed by atoms with van der Waals surface area (Å²) in [6.45, 7) is 4.08. The number of fused-ring (bicyclic) bond motifs is 1. The van der Waals surface area contributed by atoms with Gasteiger partial charge in [-0.15, -0.1) is 0 Å². The smallest absolute Gasteiger partial charge is 0.171 e. The largest absolute Gasteiger partial charge is 0.497 e. The molecule has 2 aromatic rings. The van der Waals surface area contributed by atoms with Crippen molar-refractivity contribution in [2.45, 2.75) is 31.9 Å². The molecule has 132 valence electrons. The van der Waals surface area contributed by atoms with E-state index in [9.17, 15) is 4.39 Å². The third-order valence-corrected chi connectivity index (χ3v) is 4.28. The minimum atomic E-state index is -0.326. The van der Waals surface area contributed by atoms with E-state index in [4.69, 9.17) is 21.7 Å². The molecule has 1 atom stereocenters. The summed E-state index contributed by atoms with van der Waals surface area (Å²) in [5.41, 5.74) is 1.27. The number of hydrogen-bond acceptors (Lipinski definition) is 3. The first kappa shape index (κ1) is 17.5. The first-order chi connectivity index (χ1) is 11.9. The molecule has 0 spiro atoms. The van der Waals surface area contributed by atoms with Crippen LogP contribution in [0.3, 0.4) is 0 Å². The molecule has 25 heavy (non-hydrogen) atoms. The summed E-state index contributed by atoms with van der Waals surface area (Å²) in [7, 11) is 1.63. The molecule has 0 radical (unpaired) electrons. The number of hydrogen-bond donors (Lipinski definition) is 2. The van der Waals surface area contributed by atoms with E-state index < -0.39 is 0 Å². The van der Waals surface area contributed by atoms with E-state index in [-0.39, 0.29) is 17.5 Å². The monoisotopic (exact) mass is 360 g/mol. The Kier molecular flexibility index (Phi) is 4.81. The lowest BCUT2D eigenvalue weighted by Gasteiger charge is -2.38. The Morgan fingerprint density at radius 3 is 2.80 bits per heavy atom. The van der Waals surface area contributed by atoms with E-state index in [2.05, 4.69) is 10.6 Å². The van der Waals surface area contributed by atoms with Gasteiger partial charge in [0.2, 0.25) is 0 Å². The fraction of sp³-hybridized carbons (Fsp3) is 0.316. The van der Waals surface area contributed by atoms with Crippen LogP contribution in [-0.4, -0.2) is 17.8 Å². The third-order valence-electron chi connectivity index (χ3n) is 4.06. The molecule has 6 heteroatoms. The van der Waals surface area contributed by atoms with Gasteiger partial charge in [-0.25, -0.2) is 4.39 Å². The molecular formula is C19H21FN2O2S. The SMILES string of the molecule is COc1ccc2c(c1)[C@@H](NC(=S)Nc1cccc(F)c1)CC(C)(C)O2. The highest BCUT2D eigenvalue weighted by molar-refractivity contribution is 7.80. The number of anilines is 1. The Hall–Kier alpha value is -2.34. The molecule has 1 heterocycles. The molecule has 1 aliphatic rings. The van der Waals surface area contributed by atoms with E-state index in [1.807, 2.05) is 32.0 Å². The average molecular weight is 360 g/mol. The molecule has 4 nitrogen and oxygen atoms in total. The van der Waals surface area contributed by atoms with Gasteiger partial charge in [-0.2, -0.15) is 0 Å². The van der Waals surface area contributed by atoms with Crippen LogP contribution in [0.25, 0.3) is 0 Å². The predicted octanol–water partition coefficient (Wildman–Crippen LogP) is 4.42. The summed E-state index contributed by atoms with van der Waals surface area (Å²) < 4.78 is 24.7. The van der Waals surface area contributed by atoms with E-state index in [1.165, 1.54) is 12.1 Å². The quantitative estimate of drug-likeness (QED) is 0.793. The third kappa shape index (κ3) is 4.20. The Labute approximate surface area is 152 Å². The van der Waals surface area contributed by atoms with Crippen LogP contribution in [0.2, 0.25) is 0 Å². The number of methoxy groups -OCH3 is 1. The van der Waals surface area contributed by atoms with Gasteiger partial charge in [-0.3, -0.25) is 0 Å². The number of ether oxygens (including phenoxy) is 2.